The van der Waals surface area contributed by atoms with Gasteiger partial charge in [0.05, 0.1) is 11.3 Å². The van der Waals surface area contributed by atoms with Crippen molar-refractivity contribution in [3.8, 4) is 11.3 Å². The van der Waals surface area contributed by atoms with Crippen molar-refractivity contribution < 1.29 is 9.18 Å². The summed E-state index contributed by atoms with van der Waals surface area (Å²) in [5, 5.41) is 3.46. The van der Waals surface area contributed by atoms with E-state index in [0.29, 0.717) is 22.9 Å². The fourth-order valence-corrected chi connectivity index (χ4v) is 3.90. The molecule has 0 bridgehead atoms. The minimum absolute atomic E-state index is 0.156. The fraction of sp³-hybridized carbons (Fsp3) is 0.280. The van der Waals surface area contributed by atoms with Gasteiger partial charge in [-0.2, -0.15) is 0 Å². The molecule has 0 saturated carbocycles. The van der Waals surface area contributed by atoms with E-state index in [1.54, 1.807) is 42.3 Å². The molecule has 5 nitrogen and oxygen atoms in total. The summed E-state index contributed by atoms with van der Waals surface area (Å²) in [6.07, 6.45) is 1.50. The minimum Gasteiger partial charge on any atom is -0.312 e. The van der Waals surface area contributed by atoms with E-state index >= 15 is 0 Å². The Kier molecular flexibility index (Phi) is 6.39. The molecular weight excluding hydrogens is 391 g/mol. The van der Waals surface area contributed by atoms with E-state index in [2.05, 4.69) is 34.3 Å². The standard InChI is InChI=1S/C25H27FN4O/c1-18-16-30(14-13-27-18)17-19-7-10-21(11-8-19)29(2)25(31)20-9-12-24(28-15-20)22-5-3-4-6-23(22)26/h3-12,15,18,27H,13-14,16-17H2,1-2H3/t18-/m0/s1. The highest BCUT2D eigenvalue weighted by molar-refractivity contribution is 6.05. The molecule has 3 aromatic rings. The average molecular weight is 419 g/mol. The Morgan fingerprint density at radius 1 is 1.16 bits per heavy atom. The second kappa shape index (κ2) is 9.37. The van der Waals surface area contributed by atoms with Crippen molar-refractivity contribution in [2.75, 3.05) is 31.6 Å². The first kappa shape index (κ1) is 21.2. The molecule has 1 aliphatic rings. The van der Waals surface area contributed by atoms with Gasteiger partial charge in [0.1, 0.15) is 5.82 Å². The van der Waals surface area contributed by atoms with Crippen molar-refractivity contribution in [3.05, 3.63) is 83.8 Å². The summed E-state index contributed by atoms with van der Waals surface area (Å²) < 4.78 is 14.0. The van der Waals surface area contributed by atoms with E-state index in [9.17, 15) is 9.18 Å². The average Bonchev–Trinajstić information content (AvgIpc) is 2.79. The summed E-state index contributed by atoms with van der Waals surface area (Å²) in [5.41, 5.74) is 3.44. The predicted molar refractivity (Wildman–Crippen MR) is 122 cm³/mol. The zero-order chi connectivity index (χ0) is 21.8. The number of amides is 1. The Bertz CT molecular complexity index is 1040. The van der Waals surface area contributed by atoms with Crippen LogP contribution in [0.15, 0.2) is 66.9 Å². The van der Waals surface area contributed by atoms with Crippen LogP contribution in [-0.4, -0.2) is 48.5 Å². The molecule has 1 atom stereocenters. The third-order valence-electron chi connectivity index (χ3n) is 5.65. The molecule has 1 fully saturated rings. The Morgan fingerprint density at radius 2 is 1.94 bits per heavy atom. The van der Waals surface area contributed by atoms with Gasteiger partial charge in [0.25, 0.3) is 5.91 Å². The second-order valence-corrected chi connectivity index (χ2v) is 8.03. The minimum atomic E-state index is -0.332. The zero-order valence-electron chi connectivity index (χ0n) is 17.9. The number of rotatable bonds is 5. The Labute approximate surface area is 182 Å². The van der Waals surface area contributed by atoms with Crippen LogP contribution in [0.4, 0.5) is 10.1 Å². The molecule has 31 heavy (non-hydrogen) atoms. The van der Waals surface area contributed by atoms with Crippen molar-refractivity contribution in [2.45, 2.75) is 19.5 Å². The summed E-state index contributed by atoms with van der Waals surface area (Å²) >= 11 is 0. The van der Waals surface area contributed by atoms with Gasteiger partial charge >= 0.3 is 0 Å². The van der Waals surface area contributed by atoms with Crippen LogP contribution in [0.2, 0.25) is 0 Å². The zero-order valence-corrected chi connectivity index (χ0v) is 17.9. The first-order chi connectivity index (χ1) is 15.0. The number of hydrogen-bond donors (Lipinski definition) is 1. The molecule has 1 saturated heterocycles. The van der Waals surface area contributed by atoms with Gasteiger partial charge in [0, 0.05) is 56.7 Å². The number of hydrogen-bond acceptors (Lipinski definition) is 4. The van der Waals surface area contributed by atoms with Gasteiger partial charge in [-0.3, -0.25) is 14.7 Å². The monoisotopic (exact) mass is 418 g/mol. The van der Waals surface area contributed by atoms with Crippen LogP contribution in [-0.2, 0) is 6.54 Å². The number of carbonyl (C=O) groups excluding carboxylic acids is 1. The van der Waals surface area contributed by atoms with Gasteiger partial charge in [-0.25, -0.2) is 4.39 Å². The molecule has 2 aromatic carbocycles. The lowest BCUT2D eigenvalue weighted by Gasteiger charge is -2.31. The van der Waals surface area contributed by atoms with E-state index in [-0.39, 0.29) is 11.7 Å². The number of anilines is 1. The Balaban J connectivity index is 1.42. The largest absolute Gasteiger partial charge is 0.312 e. The maximum absolute atomic E-state index is 14.0. The van der Waals surface area contributed by atoms with Crippen LogP contribution < -0.4 is 10.2 Å². The second-order valence-electron chi connectivity index (χ2n) is 8.03. The van der Waals surface area contributed by atoms with Crippen molar-refractivity contribution >= 4 is 11.6 Å². The highest BCUT2D eigenvalue weighted by atomic mass is 19.1. The number of halogens is 1. The van der Waals surface area contributed by atoms with Gasteiger partial charge in [0.2, 0.25) is 0 Å². The molecule has 1 aromatic heterocycles. The maximum Gasteiger partial charge on any atom is 0.259 e. The van der Waals surface area contributed by atoms with Crippen LogP contribution in [0, 0.1) is 5.82 Å². The lowest BCUT2D eigenvalue weighted by atomic mass is 10.1. The Morgan fingerprint density at radius 3 is 2.61 bits per heavy atom. The number of piperazine rings is 1. The highest BCUT2D eigenvalue weighted by Crippen LogP contribution is 2.22. The number of benzene rings is 2. The number of nitrogens with one attached hydrogen (secondary N) is 1. The van der Waals surface area contributed by atoms with Crippen molar-refractivity contribution in [1.82, 2.24) is 15.2 Å². The van der Waals surface area contributed by atoms with Gasteiger partial charge in [0.15, 0.2) is 0 Å². The van der Waals surface area contributed by atoms with Crippen LogP contribution >= 0.6 is 0 Å². The topological polar surface area (TPSA) is 48.5 Å². The van der Waals surface area contributed by atoms with Crippen molar-refractivity contribution in [2.24, 2.45) is 0 Å². The van der Waals surface area contributed by atoms with E-state index in [1.807, 2.05) is 12.1 Å². The maximum atomic E-state index is 14.0. The molecule has 1 amide bonds. The summed E-state index contributed by atoms with van der Waals surface area (Å²) in [5.74, 6) is -0.488. The summed E-state index contributed by atoms with van der Waals surface area (Å²) in [6, 6.07) is 18.4. The molecule has 2 heterocycles. The molecular formula is C25H27FN4O. The summed E-state index contributed by atoms with van der Waals surface area (Å²) in [6.45, 7) is 6.20. The van der Waals surface area contributed by atoms with E-state index in [0.717, 1.165) is 31.9 Å². The first-order valence-corrected chi connectivity index (χ1v) is 10.5. The molecule has 4 rings (SSSR count). The van der Waals surface area contributed by atoms with Crippen molar-refractivity contribution in [1.29, 1.82) is 0 Å². The van der Waals surface area contributed by atoms with Crippen LogP contribution in [0.5, 0.6) is 0 Å². The quantitative estimate of drug-likeness (QED) is 0.682. The number of aromatic nitrogens is 1. The fourth-order valence-electron chi connectivity index (χ4n) is 3.90. The lowest BCUT2D eigenvalue weighted by molar-refractivity contribution is 0.0992. The first-order valence-electron chi connectivity index (χ1n) is 10.5. The summed E-state index contributed by atoms with van der Waals surface area (Å²) in [7, 11) is 1.75. The summed E-state index contributed by atoms with van der Waals surface area (Å²) in [4.78, 5) is 21.2. The molecule has 0 unspecified atom stereocenters. The third-order valence-corrected chi connectivity index (χ3v) is 5.65. The third kappa shape index (κ3) is 4.98. The number of pyridine rings is 1. The number of nitrogens with zero attached hydrogens (tertiary/aromatic N) is 3. The smallest absolute Gasteiger partial charge is 0.259 e. The van der Waals surface area contributed by atoms with Gasteiger partial charge in [-0.05, 0) is 48.9 Å². The molecule has 1 N–H and O–H groups in total. The van der Waals surface area contributed by atoms with E-state index in [4.69, 9.17) is 0 Å². The van der Waals surface area contributed by atoms with E-state index in [1.165, 1.54) is 17.8 Å². The van der Waals surface area contributed by atoms with Crippen LogP contribution in [0.3, 0.4) is 0 Å². The van der Waals surface area contributed by atoms with E-state index < -0.39 is 0 Å². The lowest BCUT2D eigenvalue weighted by Crippen LogP contribution is -2.48. The van der Waals surface area contributed by atoms with Crippen LogP contribution in [0.1, 0.15) is 22.8 Å². The SMILES string of the molecule is C[C@H]1CN(Cc2ccc(N(C)C(=O)c3ccc(-c4ccccc4F)nc3)cc2)CCN1. The predicted octanol–water partition coefficient (Wildman–Crippen LogP) is 3.96. The Hall–Kier alpha value is -3.09. The van der Waals surface area contributed by atoms with Gasteiger partial charge in [-0.1, -0.05) is 24.3 Å². The van der Waals surface area contributed by atoms with Crippen LogP contribution in [0.25, 0.3) is 11.3 Å². The molecule has 1 aliphatic heterocycles. The molecule has 160 valence electrons. The molecule has 0 spiro atoms. The molecule has 0 aliphatic carbocycles. The van der Waals surface area contributed by atoms with Gasteiger partial charge < -0.3 is 10.2 Å². The van der Waals surface area contributed by atoms with Crippen molar-refractivity contribution in [3.63, 3.8) is 0 Å². The normalized spacial score (nSPS) is 16.8. The van der Waals surface area contributed by atoms with Gasteiger partial charge in [-0.15, -0.1) is 0 Å². The highest BCUT2D eigenvalue weighted by Gasteiger charge is 2.17. The molecule has 6 heteroatoms. The number of carbonyl (C=O) groups is 1. The molecule has 0 radical (unpaired) electrons.